The van der Waals surface area contributed by atoms with E-state index in [-0.39, 0.29) is 5.69 Å². The van der Waals surface area contributed by atoms with Crippen molar-refractivity contribution in [2.45, 2.75) is 5.51 Å². The summed E-state index contributed by atoms with van der Waals surface area (Å²) in [4.78, 5) is 1.91. The Morgan fingerprint density at radius 1 is 0.449 bits per heavy atom. The fraction of sp³-hybridized carbons (Fsp3) is 0.0175. The molecule has 14 rings (SSSR count). The van der Waals surface area contributed by atoms with Crippen molar-refractivity contribution in [1.82, 2.24) is 0 Å². The molecule has 6 nitrogen and oxygen atoms in total. The van der Waals surface area contributed by atoms with E-state index >= 15 is 0 Å². The molecule has 0 radical (unpaired) electrons. The lowest BCUT2D eigenvalue weighted by molar-refractivity contribution is -0.0500. The molecule has 14 aromatic rings. The number of furan rings is 2. The maximum atomic E-state index is 14.2. The van der Waals surface area contributed by atoms with Crippen molar-refractivity contribution < 1.29 is 34.6 Å². The number of hydrogen-bond acceptors (Lipinski definition) is 8. The first-order valence-electron chi connectivity index (χ1n) is 21.9. The van der Waals surface area contributed by atoms with Gasteiger partial charge in [0.05, 0.1) is 5.69 Å². The molecule has 332 valence electrons. The van der Waals surface area contributed by atoms with Crippen molar-refractivity contribution in [2.75, 3.05) is 4.90 Å². The van der Waals surface area contributed by atoms with Crippen LogP contribution < -0.4 is 9.08 Å². The van der Waals surface area contributed by atoms with Crippen molar-refractivity contribution in [1.29, 1.82) is 0 Å². The molecular formula is C57H30F3NO5S3. The molecule has 0 N–H and O–H groups in total. The highest BCUT2D eigenvalue weighted by atomic mass is 32.2. The predicted molar refractivity (Wildman–Crippen MR) is 278 cm³/mol. The zero-order valence-corrected chi connectivity index (χ0v) is 38.1. The van der Waals surface area contributed by atoms with Gasteiger partial charge in [-0.25, -0.2) is 0 Å². The Labute approximate surface area is 397 Å². The number of benzene rings is 10. The summed E-state index contributed by atoms with van der Waals surface area (Å²) in [6, 6.07) is 59.1. The van der Waals surface area contributed by atoms with Crippen molar-refractivity contribution in [3.8, 4) is 16.9 Å². The van der Waals surface area contributed by atoms with Crippen LogP contribution in [0.25, 0.3) is 117 Å². The van der Waals surface area contributed by atoms with E-state index in [4.69, 9.17) is 13.0 Å². The maximum Gasteiger partial charge on any atom is 0.534 e. The highest BCUT2D eigenvalue weighted by Gasteiger charge is 2.48. The number of nitrogens with zero attached hydrogens (tertiary/aromatic N) is 1. The summed E-state index contributed by atoms with van der Waals surface area (Å²) in [5.41, 5.74) is -0.0689. The quantitative estimate of drug-likeness (QED) is 0.122. The minimum Gasteiger partial charge on any atom is -0.455 e. The first kappa shape index (κ1) is 40.2. The lowest BCUT2D eigenvalue weighted by Crippen LogP contribution is -2.28. The van der Waals surface area contributed by atoms with Gasteiger partial charge in [0.2, 0.25) is 0 Å². The third-order valence-electron chi connectivity index (χ3n) is 13.2. The van der Waals surface area contributed by atoms with Crippen LogP contribution in [0, 0.1) is 0 Å². The number of anilines is 3. The van der Waals surface area contributed by atoms with Crippen molar-refractivity contribution in [3.05, 3.63) is 182 Å². The molecule has 4 heterocycles. The average Bonchev–Trinajstić information content (AvgIpc) is 4.13. The van der Waals surface area contributed by atoms with Crippen molar-refractivity contribution in [2.24, 2.45) is 0 Å². The monoisotopic (exact) mass is 961 g/mol. The van der Waals surface area contributed by atoms with Gasteiger partial charge in [-0.05, 0) is 101 Å². The second-order valence-electron chi connectivity index (χ2n) is 17.1. The molecular weight excluding hydrogens is 932 g/mol. The summed E-state index contributed by atoms with van der Waals surface area (Å²) in [5, 5.41) is 10.8. The molecule has 0 aliphatic carbocycles. The molecule has 0 unspecified atom stereocenters. The van der Waals surface area contributed by atoms with E-state index < -0.39 is 21.4 Å². The number of hydrogen-bond donors (Lipinski definition) is 0. The molecule has 0 spiro atoms. The largest absolute Gasteiger partial charge is 0.534 e. The minimum absolute atomic E-state index is 0.277. The number of alkyl halides is 3. The SMILES string of the molecule is O=S(=O)(Oc1cc(N(c2ccc3sc4ccccc4c3c2)c2ccc3sc4ccccc4c3c2)c2oc3ccc(-c4cc5c6ccc7ccccc7c6oc5c5ccccc45)cc3c2c1)C(F)(F)F. The molecule has 69 heavy (non-hydrogen) atoms. The second-order valence-corrected chi connectivity index (χ2v) is 20.8. The molecule has 0 saturated heterocycles. The molecule has 12 heteroatoms. The van der Waals surface area contributed by atoms with Gasteiger partial charge in [0.25, 0.3) is 0 Å². The Morgan fingerprint density at radius 2 is 1.01 bits per heavy atom. The molecule has 10 aromatic carbocycles. The van der Waals surface area contributed by atoms with E-state index in [1.165, 1.54) is 12.1 Å². The lowest BCUT2D eigenvalue weighted by atomic mass is 9.94. The third kappa shape index (κ3) is 6.12. The number of rotatable bonds is 6. The van der Waals surface area contributed by atoms with Gasteiger partial charge in [-0.2, -0.15) is 21.6 Å². The van der Waals surface area contributed by atoms with E-state index in [0.29, 0.717) is 33.3 Å². The van der Waals surface area contributed by atoms with Crippen LogP contribution in [0.2, 0.25) is 0 Å². The van der Waals surface area contributed by atoms with E-state index in [1.807, 2.05) is 108 Å². The van der Waals surface area contributed by atoms with Gasteiger partial charge >= 0.3 is 15.6 Å². The molecule has 4 aromatic heterocycles. The van der Waals surface area contributed by atoms with E-state index in [2.05, 4.69) is 66.7 Å². The molecule has 0 saturated carbocycles. The zero-order chi connectivity index (χ0) is 46.3. The van der Waals surface area contributed by atoms with E-state index in [0.717, 1.165) is 95.0 Å². The molecule has 0 aliphatic rings. The summed E-state index contributed by atoms with van der Waals surface area (Å²) >= 11 is 3.32. The fourth-order valence-electron chi connectivity index (χ4n) is 10.1. The standard InChI is InChI=1S/C57H30F3NO5S3/c58-57(59,60)69(62,63)66-35-28-46-43-25-32(42-30-47-41-21-17-31-9-1-2-10-36(31)54(41)65-55(47)40-14-4-3-11-37(40)42)18-22-49(43)64-56(46)48(29-35)61(33-19-23-52-44(26-33)38-12-5-7-15-50(38)67-52)34-20-24-53-45(27-34)39-13-6-8-16-51(39)68-53/h1-30H. The Morgan fingerprint density at radius 3 is 1.70 bits per heavy atom. The number of fused-ring (bicyclic) bond motifs is 16. The molecule has 0 atom stereocenters. The summed E-state index contributed by atoms with van der Waals surface area (Å²) in [6.07, 6.45) is 0. The predicted octanol–water partition coefficient (Wildman–Crippen LogP) is 17.9. The second kappa shape index (κ2) is 14.6. The van der Waals surface area contributed by atoms with Gasteiger partial charge in [0, 0.05) is 90.1 Å². The summed E-state index contributed by atoms with van der Waals surface area (Å²) < 4.78 is 91.2. The van der Waals surface area contributed by atoms with Crippen LogP contribution in [-0.2, 0) is 10.1 Å². The van der Waals surface area contributed by atoms with E-state index in [1.54, 1.807) is 22.7 Å². The first-order valence-corrected chi connectivity index (χ1v) is 25.0. The normalized spacial score (nSPS) is 12.7. The summed E-state index contributed by atoms with van der Waals surface area (Å²) in [5.74, 6) is -0.527. The molecule has 0 bridgehead atoms. The van der Waals surface area contributed by atoms with Crippen LogP contribution in [0.3, 0.4) is 0 Å². The van der Waals surface area contributed by atoms with Gasteiger partial charge in [-0.15, -0.1) is 22.7 Å². The van der Waals surface area contributed by atoms with Gasteiger partial charge < -0.3 is 17.9 Å². The number of thiophene rings is 2. The minimum atomic E-state index is -6.10. The van der Waals surface area contributed by atoms with Gasteiger partial charge in [-0.1, -0.05) is 97.1 Å². The molecule has 0 amide bonds. The fourth-order valence-corrected chi connectivity index (χ4v) is 12.7. The Balaban J connectivity index is 1.04. The lowest BCUT2D eigenvalue weighted by Gasteiger charge is -2.26. The highest BCUT2D eigenvalue weighted by Crippen LogP contribution is 2.49. The van der Waals surface area contributed by atoms with Crippen LogP contribution in [0.15, 0.2) is 191 Å². The summed E-state index contributed by atoms with van der Waals surface area (Å²) in [6.45, 7) is 0. The maximum absolute atomic E-state index is 14.2. The van der Waals surface area contributed by atoms with Gasteiger partial charge in [-0.3, -0.25) is 0 Å². The van der Waals surface area contributed by atoms with Crippen molar-refractivity contribution in [3.63, 3.8) is 0 Å². The van der Waals surface area contributed by atoms with Crippen LogP contribution in [0.4, 0.5) is 30.2 Å². The zero-order valence-electron chi connectivity index (χ0n) is 35.7. The van der Waals surface area contributed by atoms with Crippen LogP contribution >= 0.6 is 22.7 Å². The van der Waals surface area contributed by atoms with Crippen LogP contribution in [0.5, 0.6) is 5.75 Å². The third-order valence-corrected chi connectivity index (χ3v) is 16.5. The molecule has 0 aliphatic heterocycles. The van der Waals surface area contributed by atoms with Crippen LogP contribution in [-0.4, -0.2) is 13.9 Å². The summed E-state index contributed by atoms with van der Waals surface area (Å²) in [7, 11) is -6.10. The average molecular weight is 962 g/mol. The topological polar surface area (TPSA) is 72.9 Å². The van der Waals surface area contributed by atoms with Crippen LogP contribution in [0.1, 0.15) is 0 Å². The Bertz CT molecular complexity index is 4510. The first-order chi connectivity index (χ1) is 33.5. The highest BCUT2D eigenvalue weighted by molar-refractivity contribution is 7.88. The van der Waals surface area contributed by atoms with Gasteiger partial charge in [0.1, 0.15) is 22.5 Å². The van der Waals surface area contributed by atoms with Gasteiger partial charge in [0.15, 0.2) is 5.58 Å². The van der Waals surface area contributed by atoms with Crippen molar-refractivity contribution >= 4 is 156 Å². The number of halogens is 3. The smallest absolute Gasteiger partial charge is 0.455 e. The Kier molecular flexibility index (Phi) is 8.48. The molecule has 0 fully saturated rings. The van der Waals surface area contributed by atoms with E-state index in [9.17, 15) is 21.6 Å². The Hall–Kier alpha value is -7.90.